The highest BCUT2D eigenvalue weighted by atomic mass is 32.2. The number of sulfonamides is 2. The highest BCUT2D eigenvalue weighted by Gasteiger charge is 2.34. The summed E-state index contributed by atoms with van der Waals surface area (Å²) in [5.74, 6) is 1.55. The van der Waals surface area contributed by atoms with Gasteiger partial charge in [0.05, 0.1) is 61.7 Å². The fraction of sp³-hybridized carbons (Fsp3) is 0.292. The molecule has 72 heavy (non-hydrogen) atoms. The average molecular weight is 1020 g/mol. The van der Waals surface area contributed by atoms with Crippen LogP contribution in [-0.4, -0.2) is 115 Å². The fourth-order valence-corrected chi connectivity index (χ4v) is 9.83. The molecular formula is C48H54N14O8S2. The van der Waals surface area contributed by atoms with Crippen molar-refractivity contribution in [3.05, 3.63) is 133 Å². The standard InChI is InChI=1S/2C24H27N7O4S/c2*1-15-12-27-19(14-26-15)16(2)17(3)36(32,33)30-24-29-28-23(18-8-7-11-25-13-18)31(24)22-20(34-4)9-6-10-21(22)35-5/h2*6-14,16-17H,1-5H3,(H,29,30)/t2*16-,17-/m10/s1. The summed E-state index contributed by atoms with van der Waals surface area (Å²) in [7, 11) is -1.83. The fourth-order valence-electron chi connectivity index (χ4n) is 7.33. The van der Waals surface area contributed by atoms with Crippen LogP contribution in [0, 0.1) is 13.8 Å². The first-order valence-corrected chi connectivity index (χ1v) is 25.4. The number of aryl methyl sites for hydroxylation is 2. The van der Waals surface area contributed by atoms with Gasteiger partial charge in [-0.25, -0.2) is 16.8 Å². The number of benzene rings is 2. The number of anilines is 2. The minimum atomic E-state index is -3.95. The molecule has 6 heterocycles. The SMILES string of the molecule is COc1cccc(OC)c1-n1c(NS(=O)(=O)[C@@H](C)[C@H](C)c2cnc(C)cn2)nnc1-c1cccnc1.COc1cccc(OC)c1-n1c(NS(=O)(=O)[C@H](C)[C@@H](C)c2cnc(C)cn2)nnc1-c1cccnc1. The molecule has 0 saturated heterocycles. The lowest BCUT2D eigenvalue weighted by Crippen LogP contribution is -2.31. The van der Waals surface area contributed by atoms with Crippen LogP contribution in [0.25, 0.3) is 34.2 Å². The Morgan fingerprint density at radius 3 is 1.12 bits per heavy atom. The summed E-state index contributed by atoms with van der Waals surface area (Å²) in [6.07, 6.45) is 12.9. The molecule has 6 aromatic heterocycles. The zero-order valence-electron chi connectivity index (χ0n) is 41.2. The van der Waals surface area contributed by atoms with E-state index in [0.717, 1.165) is 11.4 Å². The smallest absolute Gasteiger partial charge is 0.243 e. The number of pyridine rings is 2. The van der Waals surface area contributed by atoms with E-state index in [2.05, 4.69) is 59.7 Å². The van der Waals surface area contributed by atoms with E-state index in [0.29, 0.717) is 68.5 Å². The number of hydrogen-bond acceptors (Lipinski definition) is 18. The number of hydrogen-bond donors (Lipinski definition) is 2. The van der Waals surface area contributed by atoms with Crippen molar-refractivity contribution in [1.82, 2.24) is 59.4 Å². The lowest BCUT2D eigenvalue weighted by Gasteiger charge is -2.21. The van der Waals surface area contributed by atoms with Gasteiger partial charge in [-0.15, -0.1) is 20.4 Å². The number of ether oxygens (including phenoxy) is 4. The molecule has 0 aliphatic carbocycles. The van der Waals surface area contributed by atoms with Gasteiger partial charge in [0.15, 0.2) is 11.6 Å². The minimum absolute atomic E-state index is 0.0225. The molecule has 8 rings (SSSR count). The second kappa shape index (κ2) is 22.3. The van der Waals surface area contributed by atoms with Crippen LogP contribution in [0.4, 0.5) is 11.9 Å². The van der Waals surface area contributed by atoms with E-state index in [4.69, 9.17) is 18.9 Å². The van der Waals surface area contributed by atoms with Crippen LogP contribution >= 0.6 is 0 Å². The molecule has 0 saturated carbocycles. The van der Waals surface area contributed by atoms with Crippen molar-refractivity contribution in [3.63, 3.8) is 0 Å². The number of nitrogens with zero attached hydrogens (tertiary/aromatic N) is 12. The molecule has 24 heteroatoms. The van der Waals surface area contributed by atoms with Crippen molar-refractivity contribution < 1.29 is 35.8 Å². The molecule has 2 aromatic carbocycles. The van der Waals surface area contributed by atoms with Crippen molar-refractivity contribution in [2.75, 3.05) is 37.9 Å². The van der Waals surface area contributed by atoms with E-state index in [1.165, 1.54) is 28.4 Å². The highest BCUT2D eigenvalue weighted by molar-refractivity contribution is 7.93. The lowest BCUT2D eigenvalue weighted by atomic mass is 10.1. The lowest BCUT2D eigenvalue weighted by molar-refractivity contribution is 0.391. The van der Waals surface area contributed by atoms with E-state index >= 15 is 0 Å². The molecule has 0 radical (unpaired) electrons. The van der Waals surface area contributed by atoms with Crippen LogP contribution in [-0.2, 0) is 20.0 Å². The van der Waals surface area contributed by atoms with Gasteiger partial charge >= 0.3 is 0 Å². The molecule has 2 N–H and O–H groups in total. The van der Waals surface area contributed by atoms with Crippen molar-refractivity contribution in [2.45, 2.75) is 63.9 Å². The van der Waals surface area contributed by atoms with Gasteiger partial charge in [0.1, 0.15) is 34.4 Å². The van der Waals surface area contributed by atoms with E-state index in [1.807, 2.05) is 13.8 Å². The summed E-state index contributed by atoms with van der Waals surface area (Å²) in [5, 5.41) is 15.2. The molecule has 0 unspecified atom stereocenters. The monoisotopic (exact) mass is 1020 g/mol. The Morgan fingerprint density at radius 2 is 0.833 bits per heavy atom. The first-order chi connectivity index (χ1) is 34.5. The number of rotatable bonds is 18. The molecule has 0 bridgehead atoms. The van der Waals surface area contributed by atoms with Gasteiger partial charge in [0.2, 0.25) is 31.9 Å². The van der Waals surface area contributed by atoms with Crippen LogP contribution in [0.15, 0.2) is 110 Å². The Labute approximate surface area is 417 Å². The molecule has 0 amide bonds. The van der Waals surface area contributed by atoms with Crippen LogP contribution < -0.4 is 28.4 Å². The number of aromatic nitrogens is 12. The van der Waals surface area contributed by atoms with Gasteiger partial charge in [-0.1, -0.05) is 26.0 Å². The zero-order valence-corrected chi connectivity index (χ0v) is 42.8. The summed E-state index contributed by atoms with van der Waals surface area (Å²) in [5.41, 5.74) is 4.77. The van der Waals surface area contributed by atoms with Gasteiger partial charge in [0.25, 0.3) is 0 Å². The van der Waals surface area contributed by atoms with Crippen LogP contribution in [0.5, 0.6) is 23.0 Å². The summed E-state index contributed by atoms with van der Waals surface area (Å²) >= 11 is 0. The predicted octanol–water partition coefficient (Wildman–Crippen LogP) is 6.76. The van der Waals surface area contributed by atoms with Crippen molar-refractivity contribution in [1.29, 1.82) is 0 Å². The van der Waals surface area contributed by atoms with E-state index < -0.39 is 42.4 Å². The summed E-state index contributed by atoms with van der Waals surface area (Å²) < 4.78 is 84.7. The Kier molecular flexibility index (Phi) is 16.0. The maximum absolute atomic E-state index is 13.5. The second-order valence-corrected chi connectivity index (χ2v) is 20.4. The van der Waals surface area contributed by atoms with Crippen LogP contribution in [0.2, 0.25) is 0 Å². The third-order valence-corrected chi connectivity index (χ3v) is 15.5. The summed E-state index contributed by atoms with van der Waals surface area (Å²) in [6.45, 7) is 10.4. The van der Waals surface area contributed by atoms with Gasteiger partial charge in [-0.2, -0.15) is 0 Å². The summed E-state index contributed by atoms with van der Waals surface area (Å²) in [4.78, 5) is 25.5. The van der Waals surface area contributed by atoms with Crippen molar-refractivity contribution in [2.24, 2.45) is 0 Å². The van der Waals surface area contributed by atoms with Gasteiger partial charge < -0.3 is 18.9 Å². The molecule has 8 aromatic rings. The number of methoxy groups -OCH3 is 4. The van der Waals surface area contributed by atoms with E-state index in [1.54, 1.807) is 147 Å². The Hall–Kier alpha value is -8.12. The Bertz CT molecular complexity index is 3060. The third kappa shape index (κ3) is 11.1. The molecule has 22 nitrogen and oxygen atoms in total. The Morgan fingerprint density at radius 1 is 0.472 bits per heavy atom. The maximum atomic E-state index is 13.5. The van der Waals surface area contributed by atoms with Crippen LogP contribution in [0.3, 0.4) is 0 Å². The number of nitrogens with one attached hydrogen (secondary N) is 2. The first kappa shape index (κ1) is 51.7. The van der Waals surface area contributed by atoms with Crippen LogP contribution in [0.1, 0.15) is 62.3 Å². The molecular weight excluding hydrogens is 965 g/mol. The molecule has 0 aliphatic rings. The average Bonchev–Trinajstić information content (AvgIpc) is 4.01. The third-order valence-electron chi connectivity index (χ3n) is 11.8. The minimum Gasteiger partial charge on any atom is -0.494 e. The number of para-hydroxylation sites is 2. The van der Waals surface area contributed by atoms with Gasteiger partial charge in [-0.05, 0) is 76.2 Å². The first-order valence-electron chi connectivity index (χ1n) is 22.3. The van der Waals surface area contributed by atoms with Crippen molar-refractivity contribution >= 4 is 31.9 Å². The molecule has 0 fully saturated rings. The highest BCUT2D eigenvalue weighted by Crippen LogP contribution is 2.40. The molecule has 0 aliphatic heterocycles. The zero-order chi connectivity index (χ0) is 51.7. The normalized spacial score (nSPS) is 13.1. The van der Waals surface area contributed by atoms with E-state index in [9.17, 15) is 16.8 Å². The van der Waals surface area contributed by atoms with E-state index in [-0.39, 0.29) is 11.9 Å². The Balaban J connectivity index is 0.000000211. The maximum Gasteiger partial charge on any atom is 0.243 e. The van der Waals surface area contributed by atoms with Gasteiger partial charge in [-0.3, -0.25) is 48.5 Å². The topological polar surface area (TPSA) is 268 Å². The predicted molar refractivity (Wildman–Crippen MR) is 270 cm³/mol. The van der Waals surface area contributed by atoms with Crippen molar-refractivity contribution in [3.8, 4) is 57.1 Å². The van der Waals surface area contributed by atoms with Gasteiger partial charge in [0, 0.05) is 72.5 Å². The molecule has 0 spiro atoms. The largest absolute Gasteiger partial charge is 0.494 e. The molecule has 376 valence electrons. The quantitative estimate of drug-likeness (QED) is 0.0899. The summed E-state index contributed by atoms with van der Waals surface area (Å²) in [6, 6.07) is 17.6. The molecule has 4 atom stereocenters. The second-order valence-electron chi connectivity index (χ2n) is 16.3.